The highest BCUT2D eigenvalue weighted by molar-refractivity contribution is 5.45. The van der Waals surface area contributed by atoms with Crippen LogP contribution in [0.25, 0.3) is 0 Å². The summed E-state index contributed by atoms with van der Waals surface area (Å²) in [5, 5.41) is 11.4. The van der Waals surface area contributed by atoms with Gasteiger partial charge >= 0.3 is 0 Å². The first-order valence-electron chi connectivity index (χ1n) is 8.03. The van der Waals surface area contributed by atoms with Crippen molar-refractivity contribution >= 4 is 11.8 Å². The van der Waals surface area contributed by atoms with Gasteiger partial charge in [0.1, 0.15) is 0 Å². The third-order valence-corrected chi connectivity index (χ3v) is 4.17. The molecule has 0 spiro atoms. The second-order valence-electron chi connectivity index (χ2n) is 5.79. The fourth-order valence-electron chi connectivity index (χ4n) is 2.90. The first-order valence-corrected chi connectivity index (χ1v) is 8.03. The van der Waals surface area contributed by atoms with Crippen LogP contribution in [-0.4, -0.2) is 26.7 Å². The third-order valence-electron chi connectivity index (χ3n) is 4.17. The zero-order valence-electron chi connectivity index (χ0n) is 13.3. The van der Waals surface area contributed by atoms with Gasteiger partial charge in [0.2, 0.25) is 5.95 Å². The maximum Gasteiger partial charge on any atom is 0.244 e. The van der Waals surface area contributed by atoms with Gasteiger partial charge in [-0.15, -0.1) is 5.10 Å². The Bertz CT molecular complexity index is 821. The van der Waals surface area contributed by atoms with Crippen molar-refractivity contribution < 1.29 is 0 Å². The van der Waals surface area contributed by atoms with E-state index >= 15 is 0 Å². The van der Waals surface area contributed by atoms with E-state index in [-0.39, 0.29) is 0 Å². The smallest absolute Gasteiger partial charge is 0.244 e. The summed E-state index contributed by atoms with van der Waals surface area (Å²) >= 11 is 0. The Labute approximate surface area is 140 Å². The predicted molar refractivity (Wildman–Crippen MR) is 92.6 cm³/mol. The fraction of sp³-hybridized carbons (Fsp3) is 0.222. The average Bonchev–Trinajstić information content (AvgIpc) is 2.67. The molecule has 1 aliphatic rings. The van der Waals surface area contributed by atoms with Crippen molar-refractivity contribution in [3.05, 3.63) is 71.7 Å². The van der Waals surface area contributed by atoms with E-state index in [1.54, 1.807) is 12.4 Å². The van der Waals surface area contributed by atoms with Gasteiger partial charge in [0.25, 0.3) is 0 Å². The van der Waals surface area contributed by atoms with Gasteiger partial charge < -0.3 is 10.2 Å². The summed E-state index contributed by atoms with van der Waals surface area (Å²) in [7, 11) is 0. The molecule has 0 bridgehead atoms. The summed E-state index contributed by atoms with van der Waals surface area (Å²) in [5.74, 6) is 1.39. The van der Waals surface area contributed by atoms with Crippen molar-refractivity contribution in [2.45, 2.75) is 19.5 Å². The van der Waals surface area contributed by atoms with Crippen LogP contribution in [-0.2, 0) is 19.5 Å². The van der Waals surface area contributed by atoms with Gasteiger partial charge in [0, 0.05) is 32.0 Å². The van der Waals surface area contributed by atoms with Crippen molar-refractivity contribution in [1.29, 1.82) is 0 Å². The molecule has 2 aromatic heterocycles. The SMILES string of the molecule is c1cncc(CNc2nncc(N3CCc4ccccc4C3)n2)c1. The van der Waals surface area contributed by atoms with Gasteiger partial charge in [-0.3, -0.25) is 4.98 Å². The molecule has 6 nitrogen and oxygen atoms in total. The van der Waals surface area contributed by atoms with Crippen LogP contribution in [0.2, 0.25) is 0 Å². The number of hydrogen-bond donors (Lipinski definition) is 1. The van der Waals surface area contributed by atoms with Gasteiger partial charge in [-0.2, -0.15) is 10.1 Å². The normalized spacial score (nSPS) is 13.4. The minimum Gasteiger partial charge on any atom is -0.350 e. The van der Waals surface area contributed by atoms with Gasteiger partial charge in [0.15, 0.2) is 5.82 Å². The molecule has 24 heavy (non-hydrogen) atoms. The highest BCUT2D eigenvalue weighted by atomic mass is 15.3. The Kier molecular flexibility index (Phi) is 4.02. The van der Waals surface area contributed by atoms with Crippen LogP contribution in [0.3, 0.4) is 0 Å². The van der Waals surface area contributed by atoms with Crippen molar-refractivity contribution in [3.8, 4) is 0 Å². The zero-order valence-corrected chi connectivity index (χ0v) is 13.3. The van der Waals surface area contributed by atoms with Gasteiger partial charge in [-0.05, 0) is 29.2 Å². The second-order valence-corrected chi connectivity index (χ2v) is 5.79. The van der Waals surface area contributed by atoms with E-state index in [4.69, 9.17) is 0 Å². The lowest BCUT2D eigenvalue weighted by molar-refractivity contribution is 0.714. The molecule has 0 fully saturated rings. The molecule has 1 N–H and O–H groups in total. The number of rotatable bonds is 4. The van der Waals surface area contributed by atoms with Crippen LogP contribution in [0.1, 0.15) is 16.7 Å². The number of fused-ring (bicyclic) bond motifs is 1. The number of nitrogens with one attached hydrogen (secondary N) is 1. The molecule has 0 atom stereocenters. The molecule has 3 heterocycles. The summed E-state index contributed by atoms with van der Waals surface area (Å²) in [5.41, 5.74) is 3.86. The molecule has 0 saturated carbocycles. The van der Waals surface area contributed by atoms with Crippen molar-refractivity contribution in [1.82, 2.24) is 20.2 Å². The maximum atomic E-state index is 4.61. The number of anilines is 2. The molecule has 3 aromatic rings. The molecule has 0 aliphatic carbocycles. The predicted octanol–water partition coefficient (Wildman–Crippen LogP) is 2.44. The molecule has 0 amide bonds. The zero-order chi connectivity index (χ0) is 16.2. The summed E-state index contributed by atoms with van der Waals surface area (Å²) < 4.78 is 0. The lowest BCUT2D eigenvalue weighted by Gasteiger charge is -2.29. The highest BCUT2D eigenvalue weighted by Gasteiger charge is 2.17. The first kappa shape index (κ1) is 14.6. The lowest BCUT2D eigenvalue weighted by atomic mass is 10.0. The van der Waals surface area contributed by atoms with E-state index in [1.807, 2.05) is 18.3 Å². The number of benzene rings is 1. The molecule has 1 aromatic carbocycles. The Hall–Kier alpha value is -3.02. The number of hydrogen-bond acceptors (Lipinski definition) is 6. The van der Waals surface area contributed by atoms with Gasteiger partial charge in [-0.1, -0.05) is 30.3 Å². The van der Waals surface area contributed by atoms with Crippen molar-refractivity contribution in [2.75, 3.05) is 16.8 Å². The maximum absolute atomic E-state index is 4.61. The number of pyridine rings is 1. The number of aromatic nitrogens is 4. The molecule has 0 radical (unpaired) electrons. The average molecular weight is 318 g/mol. The molecule has 0 saturated heterocycles. The second kappa shape index (κ2) is 6.62. The molecule has 120 valence electrons. The van der Waals surface area contributed by atoms with Crippen LogP contribution in [0.4, 0.5) is 11.8 Å². The Morgan fingerprint density at radius 3 is 2.83 bits per heavy atom. The summed E-state index contributed by atoms with van der Waals surface area (Å²) in [4.78, 5) is 11.0. The Morgan fingerprint density at radius 2 is 1.96 bits per heavy atom. The monoisotopic (exact) mass is 318 g/mol. The fourth-order valence-corrected chi connectivity index (χ4v) is 2.90. The first-order chi connectivity index (χ1) is 11.9. The quantitative estimate of drug-likeness (QED) is 0.797. The van der Waals surface area contributed by atoms with Crippen LogP contribution in [0.5, 0.6) is 0 Å². The topological polar surface area (TPSA) is 66.8 Å². The largest absolute Gasteiger partial charge is 0.350 e. The molecule has 6 heteroatoms. The van der Waals surface area contributed by atoms with Gasteiger partial charge in [-0.25, -0.2) is 0 Å². The summed E-state index contributed by atoms with van der Waals surface area (Å²) in [6, 6.07) is 12.5. The summed E-state index contributed by atoms with van der Waals surface area (Å²) in [6.45, 7) is 2.43. The molecule has 4 rings (SSSR count). The Balaban J connectivity index is 1.47. The minimum atomic E-state index is 0.537. The molecule has 1 aliphatic heterocycles. The Morgan fingerprint density at radius 1 is 1.04 bits per heavy atom. The molecule has 0 unspecified atom stereocenters. The van der Waals surface area contributed by atoms with E-state index in [0.717, 1.165) is 30.9 Å². The van der Waals surface area contributed by atoms with Crippen LogP contribution in [0.15, 0.2) is 55.0 Å². The van der Waals surface area contributed by atoms with Crippen molar-refractivity contribution in [2.24, 2.45) is 0 Å². The van der Waals surface area contributed by atoms with E-state index in [2.05, 4.69) is 54.6 Å². The molecular weight excluding hydrogens is 300 g/mol. The molecular formula is C18H18N6. The van der Waals surface area contributed by atoms with Crippen molar-refractivity contribution in [3.63, 3.8) is 0 Å². The number of nitrogens with zero attached hydrogens (tertiary/aromatic N) is 5. The highest BCUT2D eigenvalue weighted by Crippen LogP contribution is 2.22. The van der Waals surface area contributed by atoms with Gasteiger partial charge in [0.05, 0.1) is 6.20 Å². The van der Waals surface area contributed by atoms with Crippen LogP contribution in [0, 0.1) is 0 Å². The van der Waals surface area contributed by atoms with Crippen LogP contribution < -0.4 is 10.2 Å². The van der Waals surface area contributed by atoms with E-state index < -0.39 is 0 Å². The van der Waals surface area contributed by atoms with Crippen LogP contribution >= 0.6 is 0 Å². The lowest BCUT2D eigenvalue weighted by Crippen LogP contribution is -2.31. The van der Waals surface area contributed by atoms with E-state index in [0.29, 0.717) is 12.5 Å². The van der Waals surface area contributed by atoms with E-state index in [9.17, 15) is 0 Å². The third kappa shape index (κ3) is 3.17. The standard InChI is InChI=1S/C18H18N6/c1-2-6-16-13-24(9-7-15(16)5-1)17-12-21-23-18(22-17)20-11-14-4-3-8-19-10-14/h1-6,8,10,12H,7,9,11,13H2,(H,20,22,23). The summed E-state index contributed by atoms with van der Waals surface area (Å²) in [6.07, 6.45) is 6.34. The van der Waals surface area contributed by atoms with E-state index in [1.165, 1.54) is 11.1 Å². The minimum absolute atomic E-state index is 0.537.